The van der Waals surface area contributed by atoms with Crippen LogP contribution in [0.1, 0.15) is 6.92 Å². The molecule has 0 saturated carbocycles. The van der Waals surface area contributed by atoms with E-state index in [1.807, 2.05) is 0 Å². The van der Waals surface area contributed by atoms with Gasteiger partial charge in [0, 0.05) is 6.07 Å². The van der Waals surface area contributed by atoms with Crippen LogP contribution in [-0.2, 0) is 9.53 Å². The minimum Gasteiger partial charge on any atom is -0.461 e. The van der Waals surface area contributed by atoms with E-state index in [-0.39, 0.29) is 12.3 Å². The molecule has 1 aromatic rings. The Morgan fingerprint density at radius 3 is 3.20 bits per heavy atom. The lowest BCUT2D eigenvalue weighted by Gasteiger charge is -1.98. The molecule has 7 heteroatoms. The molecule has 0 aromatic carbocycles. The largest absolute Gasteiger partial charge is 0.461 e. The minimum atomic E-state index is -0.757. The van der Waals surface area contributed by atoms with E-state index in [0.29, 0.717) is 5.82 Å². The van der Waals surface area contributed by atoms with Gasteiger partial charge in [0.25, 0.3) is 0 Å². The zero-order valence-corrected chi connectivity index (χ0v) is 8.02. The van der Waals surface area contributed by atoms with E-state index in [9.17, 15) is 4.79 Å². The summed E-state index contributed by atoms with van der Waals surface area (Å²) in [4.78, 5) is 11.1. The van der Waals surface area contributed by atoms with Crippen molar-refractivity contribution in [2.45, 2.75) is 6.92 Å². The van der Waals surface area contributed by atoms with Gasteiger partial charge in [-0.05, 0) is 6.92 Å². The van der Waals surface area contributed by atoms with Gasteiger partial charge in [0.2, 0.25) is 5.71 Å². The van der Waals surface area contributed by atoms with Crippen LogP contribution in [0.4, 0.5) is 5.82 Å². The highest BCUT2D eigenvalue weighted by Gasteiger charge is 2.11. The number of ether oxygens (including phenoxy) is 1. The Labute approximate surface area is 85.7 Å². The monoisotopic (exact) mass is 207 g/mol. The summed E-state index contributed by atoms with van der Waals surface area (Å²) in [6.07, 6.45) is 1.51. The van der Waals surface area contributed by atoms with Crippen molar-refractivity contribution >= 4 is 17.5 Å². The number of carbonyl (C=O) groups excluding carboxylic acids is 1. The number of nitrogens with one attached hydrogen (secondary N) is 2. The van der Waals surface area contributed by atoms with E-state index in [2.05, 4.69) is 25.5 Å². The maximum atomic E-state index is 11.1. The molecule has 0 spiro atoms. The molecule has 0 fully saturated rings. The van der Waals surface area contributed by atoms with E-state index in [1.165, 1.54) is 6.20 Å². The van der Waals surface area contributed by atoms with Crippen LogP contribution in [0.2, 0.25) is 0 Å². The molecule has 0 amide bonds. The predicted octanol–water partition coefficient (Wildman–Crippen LogP) is 0.264. The number of rotatable bonds is 4. The second-order valence-corrected chi connectivity index (χ2v) is 2.37. The SMILES string of the molecule is CCOC(=O)C(C#N)=NNc1ccn[nH]1. The molecule has 1 rings (SSSR count). The van der Waals surface area contributed by atoms with Gasteiger partial charge >= 0.3 is 5.97 Å². The lowest BCUT2D eigenvalue weighted by Crippen LogP contribution is -2.17. The summed E-state index contributed by atoms with van der Waals surface area (Å²) in [5.41, 5.74) is 2.12. The van der Waals surface area contributed by atoms with Gasteiger partial charge < -0.3 is 4.74 Å². The molecule has 0 atom stereocenters. The van der Waals surface area contributed by atoms with Crippen molar-refractivity contribution in [1.82, 2.24) is 10.2 Å². The molecule has 0 unspecified atom stereocenters. The first-order chi connectivity index (χ1) is 7.27. The topological polar surface area (TPSA) is 103 Å². The molecular formula is C8H9N5O2. The van der Waals surface area contributed by atoms with Crippen LogP contribution in [-0.4, -0.2) is 28.5 Å². The molecule has 0 bridgehead atoms. The van der Waals surface area contributed by atoms with Crippen LogP contribution < -0.4 is 5.43 Å². The molecule has 7 nitrogen and oxygen atoms in total. The summed E-state index contributed by atoms with van der Waals surface area (Å²) < 4.78 is 4.61. The summed E-state index contributed by atoms with van der Waals surface area (Å²) in [5.74, 6) is -0.279. The number of hydrogen-bond donors (Lipinski definition) is 2. The van der Waals surface area contributed by atoms with Crippen LogP contribution in [0.15, 0.2) is 17.4 Å². The fourth-order valence-electron chi connectivity index (χ4n) is 0.750. The van der Waals surface area contributed by atoms with Gasteiger partial charge in [-0.25, -0.2) is 4.79 Å². The number of aromatic amines is 1. The average Bonchev–Trinajstić information content (AvgIpc) is 2.72. The number of H-pyrrole nitrogens is 1. The highest BCUT2D eigenvalue weighted by atomic mass is 16.5. The normalized spacial score (nSPS) is 10.5. The van der Waals surface area contributed by atoms with Crippen LogP contribution in [0.25, 0.3) is 0 Å². The first-order valence-corrected chi connectivity index (χ1v) is 4.18. The maximum Gasteiger partial charge on any atom is 0.369 e. The number of aromatic nitrogens is 2. The van der Waals surface area contributed by atoms with Crippen molar-refractivity contribution < 1.29 is 9.53 Å². The Balaban J connectivity index is 2.63. The zero-order valence-electron chi connectivity index (χ0n) is 8.02. The third kappa shape index (κ3) is 3.11. The molecule has 2 N–H and O–H groups in total. The molecule has 1 aromatic heterocycles. The molecule has 0 radical (unpaired) electrons. The van der Waals surface area contributed by atoms with Crippen molar-refractivity contribution in [3.63, 3.8) is 0 Å². The smallest absolute Gasteiger partial charge is 0.369 e. The highest BCUT2D eigenvalue weighted by molar-refractivity contribution is 6.43. The van der Waals surface area contributed by atoms with Gasteiger partial charge in [0.1, 0.15) is 11.9 Å². The first kappa shape index (κ1) is 10.7. The van der Waals surface area contributed by atoms with Crippen molar-refractivity contribution in [2.24, 2.45) is 5.10 Å². The Bertz CT molecular complexity index is 390. The lowest BCUT2D eigenvalue weighted by molar-refractivity contribution is -0.134. The highest BCUT2D eigenvalue weighted by Crippen LogP contribution is 1.98. The molecule has 78 valence electrons. The van der Waals surface area contributed by atoms with Crippen molar-refractivity contribution in [1.29, 1.82) is 5.26 Å². The van der Waals surface area contributed by atoms with Gasteiger partial charge in [-0.15, -0.1) is 0 Å². The average molecular weight is 207 g/mol. The maximum absolute atomic E-state index is 11.1. The second kappa shape index (κ2) is 5.39. The summed E-state index contributed by atoms with van der Waals surface area (Å²) in [6, 6.07) is 3.23. The van der Waals surface area contributed by atoms with Gasteiger partial charge in [-0.1, -0.05) is 0 Å². The van der Waals surface area contributed by atoms with Gasteiger partial charge in [0.05, 0.1) is 12.8 Å². The van der Waals surface area contributed by atoms with Gasteiger partial charge in [-0.2, -0.15) is 15.5 Å². The molecular weight excluding hydrogens is 198 g/mol. The van der Waals surface area contributed by atoms with E-state index in [1.54, 1.807) is 19.1 Å². The summed E-state index contributed by atoms with van der Waals surface area (Å²) in [7, 11) is 0. The summed E-state index contributed by atoms with van der Waals surface area (Å²) in [6.45, 7) is 1.85. The van der Waals surface area contributed by atoms with Crippen LogP contribution in [0.5, 0.6) is 0 Å². The van der Waals surface area contributed by atoms with Gasteiger partial charge in [-0.3, -0.25) is 10.5 Å². The number of nitriles is 1. The number of nitrogens with zero attached hydrogens (tertiary/aromatic N) is 3. The van der Waals surface area contributed by atoms with E-state index < -0.39 is 5.97 Å². The molecule has 15 heavy (non-hydrogen) atoms. The molecule has 1 heterocycles. The van der Waals surface area contributed by atoms with Crippen molar-refractivity contribution in [3.8, 4) is 6.07 Å². The Kier molecular flexibility index (Phi) is 3.85. The zero-order chi connectivity index (χ0) is 11.1. The van der Waals surface area contributed by atoms with Gasteiger partial charge in [0.15, 0.2) is 0 Å². The third-order valence-corrected chi connectivity index (χ3v) is 1.36. The van der Waals surface area contributed by atoms with Crippen molar-refractivity contribution in [2.75, 3.05) is 12.0 Å². The molecule has 0 aliphatic rings. The minimum absolute atomic E-state index is 0.198. The van der Waals surface area contributed by atoms with Crippen molar-refractivity contribution in [3.05, 3.63) is 12.3 Å². The number of hydrazone groups is 1. The fourth-order valence-corrected chi connectivity index (χ4v) is 0.750. The molecule has 0 aliphatic heterocycles. The third-order valence-electron chi connectivity index (χ3n) is 1.36. The predicted molar refractivity (Wildman–Crippen MR) is 51.9 cm³/mol. The standard InChI is InChI=1S/C8H9N5O2/c1-2-15-8(14)6(5-9)11-13-7-3-4-10-12-7/h3-4H,2H2,1H3,(H2,10,12,13). The lowest BCUT2D eigenvalue weighted by atomic mass is 10.4. The van der Waals surface area contributed by atoms with E-state index in [4.69, 9.17) is 5.26 Å². The number of hydrogen-bond acceptors (Lipinski definition) is 6. The first-order valence-electron chi connectivity index (χ1n) is 4.18. The van der Waals surface area contributed by atoms with E-state index >= 15 is 0 Å². The number of anilines is 1. The van der Waals surface area contributed by atoms with Crippen LogP contribution in [0.3, 0.4) is 0 Å². The molecule has 0 saturated heterocycles. The quantitative estimate of drug-likeness (QED) is 0.419. The Morgan fingerprint density at radius 2 is 2.67 bits per heavy atom. The Morgan fingerprint density at radius 1 is 1.87 bits per heavy atom. The van der Waals surface area contributed by atoms with E-state index in [0.717, 1.165) is 0 Å². The fraction of sp³-hybridized carbons (Fsp3) is 0.250. The van der Waals surface area contributed by atoms with Crippen LogP contribution in [0, 0.1) is 11.3 Å². The molecule has 0 aliphatic carbocycles. The van der Waals surface area contributed by atoms with Crippen LogP contribution >= 0.6 is 0 Å². The Hall–Kier alpha value is -2.36. The summed E-state index contributed by atoms with van der Waals surface area (Å²) >= 11 is 0. The second-order valence-electron chi connectivity index (χ2n) is 2.37. The number of carbonyl (C=O) groups is 1. The number of esters is 1. The summed E-state index contributed by atoms with van der Waals surface area (Å²) in [5, 5.41) is 18.4.